The summed E-state index contributed by atoms with van der Waals surface area (Å²) in [5.74, 6) is -0.153. The average molecular weight is 502 g/mol. The molecule has 0 fully saturated rings. The number of para-hydroxylation sites is 1. The lowest BCUT2D eigenvalue weighted by atomic mass is 10.00. The molecule has 1 aliphatic heterocycles. The Bertz CT molecular complexity index is 947. The first-order valence-electron chi connectivity index (χ1n) is 10.0. The van der Waals surface area contributed by atoms with Crippen molar-refractivity contribution < 1.29 is 9.59 Å². The fraction of sp³-hybridized carbons (Fsp3) is 0.333. The number of carbonyl (C=O) groups excluding carboxylic acids is 2. The maximum Gasteiger partial charge on any atom is 0.259 e. The van der Waals surface area contributed by atoms with Gasteiger partial charge in [0, 0.05) is 15.5 Å². The molecule has 29 heavy (non-hydrogen) atoms. The van der Waals surface area contributed by atoms with E-state index in [1.807, 2.05) is 69.4 Å². The highest BCUT2D eigenvalue weighted by Gasteiger charge is 2.38. The molecule has 2 aromatic carbocycles. The van der Waals surface area contributed by atoms with E-state index in [1.165, 1.54) is 0 Å². The quantitative estimate of drug-likeness (QED) is 0.484. The van der Waals surface area contributed by atoms with Crippen LogP contribution in [0.2, 0.25) is 0 Å². The van der Waals surface area contributed by atoms with Crippen molar-refractivity contribution in [2.75, 3.05) is 4.90 Å². The molecule has 0 aromatic heterocycles. The normalized spacial score (nSPS) is 16.8. The van der Waals surface area contributed by atoms with Crippen molar-refractivity contribution in [3.63, 3.8) is 0 Å². The van der Waals surface area contributed by atoms with E-state index in [0.717, 1.165) is 38.9 Å². The fourth-order valence-electron chi connectivity index (χ4n) is 3.87. The summed E-state index contributed by atoms with van der Waals surface area (Å²) in [7, 11) is 0. The molecule has 0 radical (unpaired) electrons. The third-order valence-corrected chi connectivity index (χ3v) is 6.29. The molecule has 0 saturated carbocycles. The van der Waals surface area contributed by atoms with Gasteiger partial charge in [-0.15, -0.1) is 0 Å². The number of carbonyl (C=O) groups is 2. The van der Waals surface area contributed by atoms with Crippen LogP contribution in [-0.4, -0.2) is 22.8 Å². The molecule has 152 valence electrons. The topological polar surface area (TPSA) is 40.6 Å². The molecule has 0 bridgehead atoms. The maximum atomic E-state index is 13.7. The molecule has 5 heteroatoms. The van der Waals surface area contributed by atoms with E-state index in [1.54, 1.807) is 9.80 Å². The highest BCUT2D eigenvalue weighted by Crippen LogP contribution is 2.33. The molecule has 0 saturated heterocycles. The fourth-order valence-corrected chi connectivity index (χ4v) is 4.49. The van der Waals surface area contributed by atoms with Crippen molar-refractivity contribution in [1.82, 2.24) is 4.90 Å². The summed E-state index contributed by atoms with van der Waals surface area (Å²) in [4.78, 5) is 30.5. The molecular weight excluding hydrogens is 475 g/mol. The van der Waals surface area contributed by atoms with E-state index in [2.05, 4.69) is 29.5 Å². The highest BCUT2D eigenvalue weighted by atomic mass is 127. The summed E-state index contributed by atoms with van der Waals surface area (Å²) in [6.07, 6.45) is 4.36. The second-order valence-electron chi connectivity index (χ2n) is 7.53. The Morgan fingerprint density at radius 1 is 1.03 bits per heavy atom. The van der Waals surface area contributed by atoms with Crippen LogP contribution in [0, 0.1) is 17.4 Å². The maximum absolute atomic E-state index is 13.7. The van der Waals surface area contributed by atoms with Crippen LogP contribution in [0.3, 0.4) is 0 Å². The van der Waals surface area contributed by atoms with E-state index in [0.29, 0.717) is 12.0 Å². The van der Waals surface area contributed by atoms with Gasteiger partial charge in [0.15, 0.2) is 0 Å². The van der Waals surface area contributed by atoms with Crippen molar-refractivity contribution in [3.8, 4) is 0 Å². The molecule has 1 atom stereocenters. The number of halogens is 1. The zero-order chi connectivity index (χ0) is 21.1. The summed E-state index contributed by atoms with van der Waals surface area (Å²) in [6, 6.07) is 13.1. The number of anilines is 1. The van der Waals surface area contributed by atoms with Crippen LogP contribution in [0.25, 0.3) is 0 Å². The second-order valence-corrected chi connectivity index (χ2v) is 8.70. The minimum atomic E-state index is -0.499. The highest BCUT2D eigenvalue weighted by molar-refractivity contribution is 14.1. The van der Waals surface area contributed by atoms with Crippen molar-refractivity contribution in [2.45, 2.75) is 53.0 Å². The van der Waals surface area contributed by atoms with E-state index in [4.69, 9.17) is 0 Å². The third-order valence-electron chi connectivity index (χ3n) is 5.35. The number of rotatable bonds is 5. The monoisotopic (exact) mass is 502 g/mol. The Hall–Kier alpha value is -2.15. The molecule has 0 spiro atoms. The Labute approximate surface area is 186 Å². The minimum Gasteiger partial charge on any atom is -0.301 e. The molecule has 2 amide bonds. The molecular formula is C24H27IN2O2. The smallest absolute Gasteiger partial charge is 0.259 e. The van der Waals surface area contributed by atoms with Crippen LogP contribution in [0.5, 0.6) is 0 Å². The van der Waals surface area contributed by atoms with Crippen molar-refractivity contribution in [2.24, 2.45) is 0 Å². The van der Waals surface area contributed by atoms with E-state index < -0.39 is 6.04 Å². The van der Waals surface area contributed by atoms with Crippen LogP contribution in [0.1, 0.15) is 54.6 Å². The number of aryl methyl sites for hydroxylation is 2. The van der Waals surface area contributed by atoms with Gasteiger partial charge in [-0.3, -0.25) is 14.5 Å². The molecule has 1 heterocycles. The van der Waals surface area contributed by atoms with E-state index in [9.17, 15) is 9.59 Å². The first-order valence-corrected chi connectivity index (χ1v) is 11.1. The first kappa shape index (κ1) is 21.6. The van der Waals surface area contributed by atoms with E-state index >= 15 is 0 Å². The second kappa shape index (κ2) is 9.11. The molecule has 4 nitrogen and oxygen atoms in total. The number of nitrogens with zero attached hydrogens (tertiary/aromatic N) is 2. The van der Waals surface area contributed by atoms with Crippen molar-refractivity contribution in [1.29, 1.82) is 0 Å². The lowest BCUT2D eigenvalue weighted by Crippen LogP contribution is -2.53. The summed E-state index contributed by atoms with van der Waals surface area (Å²) < 4.78 is 0.889. The number of hydrogen-bond donors (Lipinski definition) is 0. The van der Waals surface area contributed by atoms with Gasteiger partial charge in [0.2, 0.25) is 0 Å². The number of unbranched alkanes of at least 4 members (excludes halogenated alkanes) is 1. The van der Waals surface area contributed by atoms with Gasteiger partial charge in [0.25, 0.3) is 11.8 Å². The van der Waals surface area contributed by atoms with Gasteiger partial charge in [-0.25, -0.2) is 0 Å². The predicted octanol–water partition coefficient (Wildman–Crippen LogP) is 5.82. The van der Waals surface area contributed by atoms with Crippen molar-refractivity contribution >= 4 is 40.1 Å². The standard InChI is InChI=1S/C24H27IN2O2/c1-5-6-14-21-24(29)27(22-16(2)10-9-11-17(22)3)18(4)15-26(21)23(28)19-12-7-8-13-20(19)25/h7-13,15,21H,5-6,14H2,1-4H3. The van der Waals surface area contributed by atoms with Crippen LogP contribution < -0.4 is 4.90 Å². The molecule has 1 aliphatic rings. The Balaban J connectivity index is 2.08. The summed E-state index contributed by atoms with van der Waals surface area (Å²) in [6.45, 7) is 8.04. The van der Waals surface area contributed by atoms with Crippen LogP contribution in [0.4, 0.5) is 5.69 Å². The zero-order valence-electron chi connectivity index (χ0n) is 17.4. The van der Waals surface area contributed by atoms with Gasteiger partial charge in [-0.1, -0.05) is 50.1 Å². The summed E-state index contributed by atoms with van der Waals surface area (Å²) >= 11 is 2.18. The number of amides is 2. The first-order chi connectivity index (χ1) is 13.9. The number of benzene rings is 2. The van der Waals surface area contributed by atoms with Gasteiger partial charge in [-0.05, 0) is 73.0 Å². The predicted molar refractivity (Wildman–Crippen MR) is 126 cm³/mol. The van der Waals surface area contributed by atoms with Crippen molar-refractivity contribution in [3.05, 3.63) is 74.6 Å². The molecule has 0 aliphatic carbocycles. The van der Waals surface area contributed by atoms with Gasteiger partial charge in [-0.2, -0.15) is 0 Å². The van der Waals surface area contributed by atoms with Crippen LogP contribution in [0.15, 0.2) is 54.4 Å². The average Bonchev–Trinajstić information content (AvgIpc) is 2.69. The largest absolute Gasteiger partial charge is 0.301 e. The Kier molecular flexibility index (Phi) is 6.77. The van der Waals surface area contributed by atoms with Crippen LogP contribution >= 0.6 is 22.6 Å². The number of hydrogen-bond acceptors (Lipinski definition) is 2. The molecule has 0 N–H and O–H groups in total. The summed E-state index contributed by atoms with van der Waals surface area (Å²) in [5.41, 5.74) is 4.43. The lowest BCUT2D eigenvalue weighted by molar-refractivity contribution is -0.122. The number of allylic oxidation sites excluding steroid dienone is 1. The van der Waals surface area contributed by atoms with E-state index in [-0.39, 0.29) is 11.8 Å². The molecule has 1 unspecified atom stereocenters. The zero-order valence-corrected chi connectivity index (χ0v) is 19.6. The van der Waals surface area contributed by atoms with Gasteiger partial charge in [0.1, 0.15) is 6.04 Å². The summed E-state index contributed by atoms with van der Waals surface area (Å²) in [5, 5.41) is 0. The van der Waals surface area contributed by atoms with Gasteiger partial charge in [0.05, 0.1) is 11.3 Å². The van der Waals surface area contributed by atoms with Crippen LogP contribution in [-0.2, 0) is 4.79 Å². The van der Waals surface area contributed by atoms with Gasteiger partial charge < -0.3 is 4.90 Å². The SMILES string of the molecule is CCCCC1C(=O)N(c2c(C)cccc2C)C(C)=CN1C(=O)c1ccccc1I. The minimum absolute atomic E-state index is 0.0323. The van der Waals surface area contributed by atoms with Gasteiger partial charge >= 0.3 is 0 Å². The lowest BCUT2D eigenvalue weighted by Gasteiger charge is -2.39. The Morgan fingerprint density at radius 3 is 2.31 bits per heavy atom. The Morgan fingerprint density at radius 2 is 1.69 bits per heavy atom. The molecule has 2 aromatic rings. The molecule has 3 rings (SSSR count). The third kappa shape index (κ3) is 4.25.